The second kappa shape index (κ2) is 10.3. The minimum Gasteiger partial charge on any atom is -0.455 e. The van der Waals surface area contributed by atoms with Crippen molar-refractivity contribution in [1.29, 1.82) is 0 Å². The summed E-state index contributed by atoms with van der Waals surface area (Å²) in [6, 6.07) is 34.5. The van der Waals surface area contributed by atoms with Gasteiger partial charge in [0, 0.05) is 27.3 Å². The van der Waals surface area contributed by atoms with Gasteiger partial charge in [0.2, 0.25) is 5.95 Å². The summed E-state index contributed by atoms with van der Waals surface area (Å²) in [5, 5.41) is 4.09. The van der Waals surface area contributed by atoms with Crippen LogP contribution in [0.15, 0.2) is 108 Å². The van der Waals surface area contributed by atoms with Gasteiger partial charge in [0.1, 0.15) is 50.4 Å². The third kappa shape index (κ3) is 4.00. The third-order valence-electron chi connectivity index (χ3n) is 8.95. The Hall–Kier alpha value is -5.49. The number of fused-ring (bicyclic) bond motifs is 5. The first-order valence-electron chi connectivity index (χ1n) is 15.0. The quantitative estimate of drug-likeness (QED) is 0.296. The van der Waals surface area contributed by atoms with Crippen LogP contribution >= 0.6 is 0 Å². The van der Waals surface area contributed by atoms with Gasteiger partial charge in [-0.15, -0.1) is 16.4 Å². The molecule has 0 aliphatic carbocycles. The van der Waals surface area contributed by atoms with Gasteiger partial charge in [-0.3, -0.25) is 4.90 Å². The van der Waals surface area contributed by atoms with Crippen LogP contribution in [0.5, 0.6) is 0 Å². The number of furan rings is 1. The first-order chi connectivity index (χ1) is 22.9. The van der Waals surface area contributed by atoms with Gasteiger partial charge in [0.15, 0.2) is 11.6 Å². The van der Waals surface area contributed by atoms with E-state index in [-0.39, 0.29) is 38.7 Å². The summed E-state index contributed by atoms with van der Waals surface area (Å²) in [5.41, 5.74) is 6.91. The molecule has 1 aliphatic rings. The van der Waals surface area contributed by atoms with E-state index in [0.29, 0.717) is 22.9 Å². The van der Waals surface area contributed by atoms with Gasteiger partial charge in [0.05, 0.1) is 16.9 Å². The van der Waals surface area contributed by atoms with Crippen molar-refractivity contribution in [3.05, 3.63) is 103 Å². The highest BCUT2D eigenvalue weighted by molar-refractivity contribution is 6.68. The zero-order valence-electron chi connectivity index (χ0n) is 24.9. The van der Waals surface area contributed by atoms with E-state index in [1.807, 2.05) is 65.6 Å². The molecular formula is C37H17B5N4O. The lowest BCUT2D eigenvalue weighted by atomic mass is 9.60. The molecule has 10 radical (unpaired) electrons. The maximum atomic E-state index is 6.57. The average Bonchev–Trinajstić information content (AvgIpc) is 3.49. The number of rotatable bonds is 3. The molecule has 2 aromatic heterocycles. The fraction of sp³-hybridized carbons (Fsp3) is 0. The summed E-state index contributed by atoms with van der Waals surface area (Å²) in [6.07, 6.45) is 0. The van der Waals surface area contributed by atoms with Crippen LogP contribution in [0.3, 0.4) is 0 Å². The Balaban J connectivity index is 1.39. The second-order valence-corrected chi connectivity index (χ2v) is 11.5. The number of anilines is 3. The number of hydrogen-bond donors (Lipinski definition) is 0. The second-order valence-electron chi connectivity index (χ2n) is 11.5. The zero-order chi connectivity index (χ0) is 32.0. The van der Waals surface area contributed by atoms with Gasteiger partial charge in [-0.1, -0.05) is 89.8 Å². The molecule has 0 spiro atoms. The van der Waals surface area contributed by atoms with E-state index in [9.17, 15) is 0 Å². The fourth-order valence-corrected chi connectivity index (χ4v) is 6.68. The first-order valence-corrected chi connectivity index (χ1v) is 15.0. The summed E-state index contributed by atoms with van der Waals surface area (Å²) in [5.74, 6) is 0.890. The summed E-state index contributed by atoms with van der Waals surface area (Å²) >= 11 is 0. The molecule has 5 nitrogen and oxygen atoms in total. The molecule has 8 aromatic rings. The normalized spacial score (nSPS) is 12.2. The minimum atomic E-state index is 0.108. The highest BCUT2D eigenvalue weighted by Crippen LogP contribution is 2.50. The number of hydrogen-bond acceptors (Lipinski definition) is 5. The molecule has 0 unspecified atom stereocenters. The van der Waals surface area contributed by atoms with E-state index in [1.54, 1.807) is 0 Å². The van der Waals surface area contributed by atoms with E-state index in [2.05, 4.69) is 42.5 Å². The van der Waals surface area contributed by atoms with Gasteiger partial charge in [0.25, 0.3) is 0 Å². The summed E-state index contributed by atoms with van der Waals surface area (Å²) < 4.78 is 6.40. The van der Waals surface area contributed by atoms with Gasteiger partial charge in [-0.25, -0.2) is 4.98 Å². The molecule has 0 bridgehead atoms. The van der Waals surface area contributed by atoms with Crippen molar-refractivity contribution in [3.8, 4) is 33.9 Å². The SMILES string of the molecule is [B]c1c([B])c([B])c(-c2nc(-c3cccc4c3oc3ccccc34)nc(N3c4ccccc4-c4cccc5cccc3c45)n2)c([B])c1[B]. The molecule has 47 heavy (non-hydrogen) atoms. The van der Waals surface area contributed by atoms with Gasteiger partial charge in [-0.05, 0) is 35.2 Å². The largest absolute Gasteiger partial charge is 0.455 e. The Morgan fingerprint density at radius 1 is 0.489 bits per heavy atom. The lowest BCUT2D eigenvalue weighted by Gasteiger charge is -2.32. The van der Waals surface area contributed by atoms with Crippen molar-refractivity contribution in [2.75, 3.05) is 4.90 Å². The van der Waals surface area contributed by atoms with Crippen molar-refractivity contribution in [2.24, 2.45) is 0 Å². The number of benzene rings is 6. The predicted octanol–water partition coefficient (Wildman–Crippen LogP) is 3.68. The van der Waals surface area contributed by atoms with Crippen molar-refractivity contribution in [2.45, 2.75) is 0 Å². The molecule has 6 aromatic carbocycles. The van der Waals surface area contributed by atoms with Crippen molar-refractivity contribution in [1.82, 2.24) is 15.0 Å². The van der Waals surface area contributed by atoms with E-state index >= 15 is 0 Å². The van der Waals surface area contributed by atoms with E-state index in [0.717, 1.165) is 49.6 Å². The average molecular weight is 588 g/mol. The number of para-hydroxylation sites is 3. The molecule has 0 saturated carbocycles. The Labute approximate surface area is 277 Å². The molecular weight excluding hydrogens is 570 g/mol. The van der Waals surface area contributed by atoms with Crippen LogP contribution in [-0.2, 0) is 0 Å². The van der Waals surface area contributed by atoms with Crippen LogP contribution in [0.1, 0.15) is 0 Å². The fourth-order valence-electron chi connectivity index (χ4n) is 6.68. The molecule has 9 rings (SSSR count). The van der Waals surface area contributed by atoms with Crippen molar-refractivity contribution < 1.29 is 4.42 Å². The Morgan fingerprint density at radius 2 is 1.09 bits per heavy atom. The molecule has 206 valence electrons. The van der Waals surface area contributed by atoms with E-state index in [1.165, 1.54) is 0 Å². The van der Waals surface area contributed by atoms with Crippen molar-refractivity contribution in [3.63, 3.8) is 0 Å². The monoisotopic (exact) mass is 588 g/mol. The zero-order valence-corrected chi connectivity index (χ0v) is 24.9. The highest BCUT2D eigenvalue weighted by atomic mass is 16.3. The predicted molar refractivity (Wildman–Crippen MR) is 196 cm³/mol. The van der Waals surface area contributed by atoms with Crippen LogP contribution in [0.25, 0.3) is 66.6 Å². The molecule has 0 amide bonds. The first kappa shape index (κ1) is 27.8. The Bertz CT molecular complexity index is 2580. The van der Waals surface area contributed by atoms with Crippen LogP contribution in [-0.4, -0.2) is 54.2 Å². The topological polar surface area (TPSA) is 55.1 Å². The van der Waals surface area contributed by atoms with E-state index < -0.39 is 0 Å². The summed E-state index contributed by atoms with van der Waals surface area (Å²) in [4.78, 5) is 17.1. The summed E-state index contributed by atoms with van der Waals surface area (Å²) in [6.45, 7) is 0. The molecule has 1 aliphatic heterocycles. The lowest BCUT2D eigenvalue weighted by molar-refractivity contribution is 0.669. The smallest absolute Gasteiger partial charge is 0.238 e. The van der Waals surface area contributed by atoms with Crippen molar-refractivity contribution >= 4 is 117 Å². The standard InChI is InChI=1S/C37H17B5N4O/c38-29-28(30(39)32(41)33(42)31(29)40)36-43-35(23-14-7-13-22-20-11-2-4-17-26(20)47-34(22)23)44-37(45-36)46-24-15-3-1-10-19(24)21-12-5-8-18-9-6-16-25(46)27(18)21/h1-17H. The van der Waals surface area contributed by atoms with E-state index in [4.69, 9.17) is 58.6 Å². The molecule has 0 atom stereocenters. The Morgan fingerprint density at radius 3 is 1.91 bits per heavy atom. The molecule has 3 heterocycles. The lowest BCUT2D eigenvalue weighted by Crippen LogP contribution is -2.55. The third-order valence-corrected chi connectivity index (χ3v) is 8.95. The van der Waals surface area contributed by atoms with Crippen LogP contribution < -0.4 is 32.2 Å². The van der Waals surface area contributed by atoms with Crippen LogP contribution in [0, 0.1) is 0 Å². The minimum absolute atomic E-state index is 0.108. The maximum Gasteiger partial charge on any atom is 0.238 e. The summed E-state index contributed by atoms with van der Waals surface area (Å²) in [7, 11) is 31.9. The highest BCUT2D eigenvalue weighted by Gasteiger charge is 2.29. The van der Waals surface area contributed by atoms with Gasteiger partial charge >= 0.3 is 0 Å². The maximum absolute atomic E-state index is 6.57. The molecule has 0 saturated heterocycles. The molecule has 0 fully saturated rings. The van der Waals surface area contributed by atoms with Gasteiger partial charge < -0.3 is 4.42 Å². The number of nitrogens with zero attached hydrogens (tertiary/aromatic N) is 4. The number of aromatic nitrogens is 3. The van der Waals surface area contributed by atoms with Crippen LogP contribution in [0.2, 0.25) is 0 Å². The molecule has 0 N–H and O–H groups in total. The molecule has 10 heteroatoms. The Kier molecular flexibility index (Phi) is 6.07. The van der Waals surface area contributed by atoms with Crippen LogP contribution in [0.4, 0.5) is 17.3 Å². The van der Waals surface area contributed by atoms with Gasteiger partial charge in [-0.2, -0.15) is 9.97 Å².